The van der Waals surface area contributed by atoms with Gasteiger partial charge in [0.15, 0.2) is 11.5 Å². The van der Waals surface area contributed by atoms with Gasteiger partial charge in [0.1, 0.15) is 5.60 Å². The number of phenols is 1. The van der Waals surface area contributed by atoms with Crippen LogP contribution in [0.4, 0.5) is 0 Å². The van der Waals surface area contributed by atoms with Crippen molar-refractivity contribution < 1.29 is 14.9 Å². The molecule has 0 radical (unpaired) electrons. The van der Waals surface area contributed by atoms with E-state index in [4.69, 9.17) is 4.74 Å². The van der Waals surface area contributed by atoms with Gasteiger partial charge in [0.25, 0.3) is 0 Å². The van der Waals surface area contributed by atoms with Gasteiger partial charge in [-0.3, -0.25) is 0 Å². The van der Waals surface area contributed by atoms with E-state index in [1.54, 1.807) is 6.07 Å². The lowest BCUT2D eigenvalue weighted by Crippen LogP contribution is -2.36. The van der Waals surface area contributed by atoms with Crippen LogP contribution in [-0.2, 0) is 18.6 Å². The predicted molar refractivity (Wildman–Crippen MR) is 85.0 cm³/mol. The summed E-state index contributed by atoms with van der Waals surface area (Å²) in [5.41, 5.74) is 2.16. The molecule has 1 atom stereocenters. The molecule has 3 rings (SSSR count). The van der Waals surface area contributed by atoms with Crippen molar-refractivity contribution in [3.63, 3.8) is 0 Å². The molecule has 3 N–H and O–H groups in total. The van der Waals surface area contributed by atoms with Crippen LogP contribution in [0.15, 0.2) is 42.5 Å². The Morgan fingerprint density at radius 3 is 2.82 bits per heavy atom. The lowest BCUT2D eigenvalue weighted by atomic mass is 9.96. The average molecular weight is 299 g/mol. The number of nitrogens with one attached hydrogen (secondary N) is 1. The molecule has 2 aromatic rings. The number of rotatable bonds is 5. The number of aromatic hydroxyl groups is 1. The molecule has 22 heavy (non-hydrogen) atoms. The van der Waals surface area contributed by atoms with E-state index in [2.05, 4.69) is 11.4 Å². The number of hydrogen-bond acceptors (Lipinski definition) is 4. The van der Waals surface area contributed by atoms with Gasteiger partial charge in [-0.1, -0.05) is 36.4 Å². The van der Waals surface area contributed by atoms with Crippen LogP contribution in [0.1, 0.15) is 23.1 Å². The first-order chi connectivity index (χ1) is 10.6. The Morgan fingerprint density at radius 2 is 2.00 bits per heavy atom. The zero-order valence-electron chi connectivity index (χ0n) is 12.7. The average Bonchev–Trinajstić information content (AvgIpc) is 2.87. The fourth-order valence-electron chi connectivity index (χ4n) is 3.13. The SMILES string of the molecule is COc1cccc(CNCC2(O)CCc3ccccc32)c1O. The summed E-state index contributed by atoms with van der Waals surface area (Å²) < 4.78 is 5.10. The van der Waals surface area contributed by atoms with E-state index in [0.29, 0.717) is 18.8 Å². The minimum absolute atomic E-state index is 0.149. The van der Waals surface area contributed by atoms with Crippen molar-refractivity contribution in [1.82, 2.24) is 5.32 Å². The first-order valence-electron chi connectivity index (χ1n) is 7.50. The molecule has 0 heterocycles. The van der Waals surface area contributed by atoms with Crippen LogP contribution in [-0.4, -0.2) is 23.9 Å². The molecule has 4 nitrogen and oxygen atoms in total. The molecule has 1 aliphatic rings. The van der Waals surface area contributed by atoms with Crippen molar-refractivity contribution in [3.8, 4) is 11.5 Å². The Kier molecular flexibility index (Phi) is 4.05. The van der Waals surface area contributed by atoms with E-state index in [1.807, 2.05) is 30.3 Å². The van der Waals surface area contributed by atoms with E-state index in [0.717, 1.165) is 24.0 Å². The summed E-state index contributed by atoms with van der Waals surface area (Å²) in [6.07, 6.45) is 1.63. The molecule has 0 aliphatic heterocycles. The number of phenolic OH excluding ortho intramolecular Hbond substituents is 1. The lowest BCUT2D eigenvalue weighted by Gasteiger charge is -2.24. The molecule has 4 heteroatoms. The second kappa shape index (κ2) is 5.99. The second-order valence-corrected chi connectivity index (χ2v) is 5.76. The first-order valence-corrected chi connectivity index (χ1v) is 7.50. The number of benzene rings is 2. The van der Waals surface area contributed by atoms with Gasteiger partial charge in [-0.25, -0.2) is 0 Å². The zero-order valence-corrected chi connectivity index (χ0v) is 12.7. The Hall–Kier alpha value is -2.04. The van der Waals surface area contributed by atoms with E-state index in [1.165, 1.54) is 12.7 Å². The maximum atomic E-state index is 10.8. The molecule has 116 valence electrons. The molecular formula is C18H21NO3. The molecule has 0 saturated carbocycles. The largest absolute Gasteiger partial charge is 0.504 e. The van der Waals surface area contributed by atoms with Gasteiger partial charge in [-0.15, -0.1) is 0 Å². The van der Waals surface area contributed by atoms with Gasteiger partial charge in [0.05, 0.1) is 7.11 Å². The monoisotopic (exact) mass is 299 g/mol. The minimum atomic E-state index is -0.828. The maximum Gasteiger partial charge on any atom is 0.162 e. The zero-order chi connectivity index (χ0) is 15.6. The van der Waals surface area contributed by atoms with Crippen molar-refractivity contribution in [2.75, 3.05) is 13.7 Å². The molecule has 1 unspecified atom stereocenters. The first kappa shape index (κ1) is 14.9. The summed E-state index contributed by atoms with van der Waals surface area (Å²) in [6.45, 7) is 0.939. The number of aliphatic hydroxyl groups is 1. The molecule has 2 aromatic carbocycles. The second-order valence-electron chi connectivity index (χ2n) is 5.76. The Bertz CT molecular complexity index is 671. The number of aryl methyl sites for hydroxylation is 1. The lowest BCUT2D eigenvalue weighted by molar-refractivity contribution is 0.0384. The fourth-order valence-corrected chi connectivity index (χ4v) is 3.13. The van der Waals surface area contributed by atoms with Crippen molar-refractivity contribution in [2.24, 2.45) is 0 Å². The molecule has 0 bridgehead atoms. The highest BCUT2D eigenvalue weighted by atomic mass is 16.5. The normalized spacial score (nSPS) is 19.9. The Morgan fingerprint density at radius 1 is 1.18 bits per heavy atom. The van der Waals surface area contributed by atoms with E-state index >= 15 is 0 Å². The molecule has 0 saturated heterocycles. The Labute approximate surface area is 130 Å². The van der Waals surface area contributed by atoms with Gasteiger partial charge in [0.2, 0.25) is 0 Å². The van der Waals surface area contributed by atoms with Gasteiger partial charge >= 0.3 is 0 Å². The third kappa shape index (κ3) is 2.67. The fraction of sp³-hybridized carbons (Fsp3) is 0.333. The summed E-state index contributed by atoms with van der Waals surface area (Å²) in [5, 5.41) is 24.2. The summed E-state index contributed by atoms with van der Waals surface area (Å²) >= 11 is 0. The number of ether oxygens (including phenoxy) is 1. The highest BCUT2D eigenvalue weighted by Crippen LogP contribution is 2.36. The summed E-state index contributed by atoms with van der Waals surface area (Å²) in [5.74, 6) is 0.612. The highest BCUT2D eigenvalue weighted by Gasteiger charge is 2.35. The maximum absolute atomic E-state index is 10.8. The molecule has 0 spiro atoms. The van der Waals surface area contributed by atoms with Crippen LogP contribution >= 0.6 is 0 Å². The van der Waals surface area contributed by atoms with Crippen molar-refractivity contribution >= 4 is 0 Å². The van der Waals surface area contributed by atoms with Crippen LogP contribution in [0, 0.1) is 0 Å². The van der Waals surface area contributed by atoms with E-state index in [9.17, 15) is 10.2 Å². The van der Waals surface area contributed by atoms with Crippen LogP contribution in [0.5, 0.6) is 11.5 Å². The summed E-state index contributed by atoms with van der Waals surface area (Å²) in [4.78, 5) is 0. The van der Waals surface area contributed by atoms with E-state index in [-0.39, 0.29) is 5.75 Å². The molecule has 1 aliphatic carbocycles. The van der Waals surface area contributed by atoms with Gasteiger partial charge in [-0.05, 0) is 30.0 Å². The smallest absolute Gasteiger partial charge is 0.162 e. The van der Waals surface area contributed by atoms with Crippen LogP contribution < -0.4 is 10.1 Å². The topological polar surface area (TPSA) is 61.7 Å². The number of methoxy groups -OCH3 is 1. The van der Waals surface area contributed by atoms with Crippen molar-refractivity contribution in [2.45, 2.75) is 25.0 Å². The van der Waals surface area contributed by atoms with Crippen LogP contribution in [0.3, 0.4) is 0 Å². The van der Waals surface area contributed by atoms with Gasteiger partial charge in [-0.2, -0.15) is 0 Å². The number of hydrogen-bond donors (Lipinski definition) is 3. The molecule has 0 amide bonds. The third-order valence-electron chi connectivity index (χ3n) is 4.36. The quantitative estimate of drug-likeness (QED) is 0.793. The summed E-state index contributed by atoms with van der Waals surface area (Å²) in [6, 6.07) is 13.4. The highest BCUT2D eigenvalue weighted by molar-refractivity contribution is 5.45. The van der Waals surface area contributed by atoms with Crippen LogP contribution in [0.2, 0.25) is 0 Å². The molecular weight excluding hydrogens is 278 g/mol. The number of fused-ring (bicyclic) bond motifs is 1. The van der Waals surface area contributed by atoms with Crippen LogP contribution in [0.25, 0.3) is 0 Å². The van der Waals surface area contributed by atoms with Crippen molar-refractivity contribution in [1.29, 1.82) is 0 Å². The predicted octanol–water partition coefficient (Wildman–Crippen LogP) is 2.32. The minimum Gasteiger partial charge on any atom is -0.504 e. The van der Waals surface area contributed by atoms with Gasteiger partial charge in [0, 0.05) is 18.7 Å². The molecule has 0 aromatic heterocycles. The standard InChI is InChI=1S/C18H21NO3/c1-22-16-8-4-6-14(17(16)20)11-19-12-18(21)10-9-13-5-2-3-7-15(13)18/h2-8,19-21H,9-12H2,1H3. The molecule has 0 fully saturated rings. The van der Waals surface area contributed by atoms with E-state index < -0.39 is 5.60 Å². The van der Waals surface area contributed by atoms with Gasteiger partial charge < -0.3 is 20.3 Å². The Balaban J connectivity index is 1.67. The summed E-state index contributed by atoms with van der Waals surface area (Å²) in [7, 11) is 1.53. The third-order valence-corrected chi connectivity index (χ3v) is 4.36. The number of para-hydroxylation sites is 1. The van der Waals surface area contributed by atoms with Crippen molar-refractivity contribution in [3.05, 3.63) is 59.2 Å².